The molecule has 166 valence electrons. The van der Waals surface area contributed by atoms with Gasteiger partial charge in [-0.05, 0) is 19.4 Å². The largest absolute Gasteiger partial charge is 0.464 e. The molecule has 0 aliphatic rings. The molecule has 15 heteroatoms. The van der Waals surface area contributed by atoms with Gasteiger partial charge in [0.25, 0.3) is 5.56 Å². The molecule has 8 nitrogen and oxygen atoms in total. The number of carboxylic acid groups (broad SMARTS) is 1. The van der Waals surface area contributed by atoms with Gasteiger partial charge in [0.05, 0.1) is 22.9 Å². The molecule has 0 aromatic carbocycles. The van der Waals surface area contributed by atoms with Crippen LogP contribution in [0.1, 0.15) is 29.8 Å². The maximum absolute atomic E-state index is 13.2. The van der Waals surface area contributed by atoms with E-state index in [2.05, 4.69) is 5.10 Å². The van der Waals surface area contributed by atoms with Gasteiger partial charge in [-0.2, -0.15) is 31.4 Å². The number of thiophene rings is 1. The zero-order valence-corrected chi connectivity index (χ0v) is 16.1. The molecule has 2 rings (SSSR count). The topological polar surface area (TPSA) is 106 Å². The highest BCUT2D eigenvalue weighted by atomic mass is 32.1. The van der Waals surface area contributed by atoms with Gasteiger partial charge in [0.1, 0.15) is 10.9 Å². The third-order valence-electron chi connectivity index (χ3n) is 4.10. The maximum atomic E-state index is 13.2. The number of halogens is 6. The van der Waals surface area contributed by atoms with Crippen LogP contribution in [0, 0.1) is 6.92 Å². The SMILES string of the molecule is Cc1c(/C=N/NC(=O)O)sc2c1c(=O)n(C(C)C(F)(F)F)c(=O)n2CCC(F)(F)F. The number of alkyl halides is 6. The van der Waals surface area contributed by atoms with E-state index in [0.717, 1.165) is 6.21 Å². The molecule has 1 unspecified atom stereocenters. The summed E-state index contributed by atoms with van der Waals surface area (Å²) in [6.07, 6.45) is -11.8. The first-order chi connectivity index (χ1) is 13.6. The Morgan fingerprint density at radius 3 is 2.37 bits per heavy atom. The van der Waals surface area contributed by atoms with Crippen molar-refractivity contribution in [3.05, 3.63) is 31.3 Å². The number of aryl methyl sites for hydroxylation is 2. The minimum absolute atomic E-state index is 0.0415. The van der Waals surface area contributed by atoms with E-state index in [1.807, 2.05) is 0 Å². The Morgan fingerprint density at radius 1 is 1.27 bits per heavy atom. The van der Waals surface area contributed by atoms with Crippen LogP contribution in [0.2, 0.25) is 0 Å². The summed E-state index contributed by atoms with van der Waals surface area (Å²) in [4.78, 5) is 35.5. The third-order valence-corrected chi connectivity index (χ3v) is 5.35. The predicted octanol–water partition coefficient (Wildman–Crippen LogP) is 3.21. The summed E-state index contributed by atoms with van der Waals surface area (Å²) in [6.45, 7) is 0.834. The second-order valence-electron chi connectivity index (χ2n) is 6.14. The van der Waals surface area contributed by atoms with Crippen LogP contribution in [0.25, 0.3) is 10.2 Å². The highest BCUT2D eigenvalue weighted by molar-refractivity contribution is 7.20. The molecule has 2 N–H and O–H groups in total. The number of aromatic nitrogens is 2. The summed E-state index contributed by atoms with van der Waals surface area (Å²) in [5.41, 5.74) is -1.16. The Balaban J connectivity index is 2.82. The van der Waals surface area contributed by atoms with E-state index in [0.29, 0.717) is 22.8 Å². The lowest BCUT2D eigenvalue weighted by Gasteiger charge is -2.20. The van der Waals surface area contributed by atoms with Gasteiger partial charge >= 0.3 is 24.1 Å². The number of nitrogens with one attached hydrogen (secondary N) is 1. The van der Waals surface area contributed by atoms with E-state index in [9.17, 15) is 40.7 Å². The molecular weight excluding hydrogens is 446 g/mol. The van der Waals surface area contributed by atoms with Crippen LogP contribution in [0.3, 0.4) is 0 Å². The first kappa shape index (κ1) is 23.4. The second-order valence-corrected chi connectivity index (χ2v) is 7.17. The van der Waals surface area contributed by atoms with Crippen molar-refractivity contribution in [2.24, 2.45) is 5.10 Å². The van der Waals surface area contributed by atoms with Crippen molar-refractivity contribution in [3.63, 3.8) is 0 Å². The predicted molar refractivity (Wildman–Crippen MR) is 95.3 cm³/mol. The summed E-state index contributed by atoms with van der Waals surface area (Å²) >= 11 is 0.628. The van der Waals surface area contributed by atoms with Crippen LogP contribution in [0.5, 0.6) is 0 Å². The van der Waals surface area contributed by atoms with E-state index in [1.165, 1.54) is 6.92 Å². The fourth-order valence-corrected chi connectivity index (χ4v) is 3.77. The average molecular weight is 460 g/mol. The first-order valence-corrected chi connectivity index (χ1v) is 8.90. The van der Waals surface area contributed by atoms with Crippen molar-refractivity contribution in [3.8, 4) is 0 Å². The van der Waals surface area contributed by atoms with Gasteiger partial charge in [0.15, 0.2) is 0 Å². The van der Waals surface area contributed by atoms with E-state index < -0.39 is 48.7 Å². The Bertz CT molecular complexity index is 1110. The van der Waals surface area contributed by atoms with E-state index >= 15 is 0 Å². The average Bonchev–Trinajstić information content (AvgIpc) is 2.89. The molecule has 0 saturated heterocycles. The lowest BCUT2D eigenvalue weighted by molar-refractivity contribution is -0.164. The molecule has 0 bridgehead atoms. The van der Waals surface area contributed by atoms with Crippen molar-refractivity contribution in [2.45, 2.75) is 45.2 Å². The second kappa shape index (κ2) is 8.12. The molecule has 1 atom stereocenters. The van der Waals surface area contributed by atoms with Crippen molar-refractivity contribution < 1.29 is 36.2 Å². The summed E-state index contributed by atoms with van der Waals surface area (Å²) < 4.78 is 77.9. The number of nitrogens with zero attached hydrogens (tertiary/aromatic N) is 3. The standard InChI is InChI=1S/C15H14F6N4O4S/c1-6-8(5-22-23-12(27)28)30-11-9(6)10(26)25(7(2)15(19,20)21)13(29)24(11)4-3-14(16,17)18/h5,7,23H,3-4H2,1-2H3,(H,27,28)/b22-5+. The summed E-state index contributed by atoms with van der Waals surface area (Å²) in [7, 11) is 0. The first-order valence-electron chi connectivity index (χ1n) is 8.09. The fourth-order valence-electron chi connectivity index (χ4n) is 2.57. The highest BCUT2D eigenvalue weighted by Crippen LogP contribution is 2.31. The number of hydrogen-bond acceptors (Lipinski definition) is 5. The highest BCUT2D eigenvalue weighted by Gasteiger charge is 2.40. The van der Waals surface area contributed by atoms with Crippen molar-refractivity contribution >= 4 is 33.9 Å². The molecule has 2 aromatic heterocycles. The van der Waals surface area contributed by atoms with Gasteiger partial charge in [0, 0.05) is 6.54 Å². The number of hydrazone groups is 1. The quantitative estimate of drug-likeness (QED) is 0.406. The summed E-state index contributed by atoms with van der Waals surface area (Å²) in [5.74, 6) is 0. The van der Waals surface area contributed by atoms with Crippen LogP contribution in [0.15, 0.2) is 14.7 Å². The van der Waals surface area contributed by atoms with Gasteiger partial charge < -0.3 is 5.11 Å². The Labute approximate surface area is 167 Å². The van der Waals surface area contributed by atoms with Crippen LogP contribution < -0.4 is 16.7 Å². The molecule has 0 radical (unpaired) electrons. The van der Waals surface area contributed by atoms with Crippen LogP contribution in [0.4, 0.5) is 31.1 Å². The third kappa shape index (κ3) is 4.83. The molecule has 0 aliphatic heterocycles. The van der Waals surface area contributed by atoms with Crippen molar-refractivity contribution in [1.29, 1.82) is 0 Å². The molecule has 0 spiro atoms. The fraction of sp³-hybridized carbons (Fsp3) is 0.467. The molecule has 2 heterocycles. The monoisotopic (exact) mass is 460 g/mol. The van der Waals surface area contributed by atoms with Crippen LogP contribution in [-0.2, 0) is 6.54 Å². The molecule has 0 saturated carbocycles. The number of hydrogen-bond donors (Lipinski definition) is 2. The molecule has 0 aliphatic carbocycles. The number of fused-ring (bicyclic) bond motifs is 1. The summed E-state index contributed by atoms with van der Waals surface area (Å²) in [5, 5.41) is 11.5. The Kier molecular flexibility index (Phi) is 6.34. The molecule has 2 aromatic rings. The van der Waals surface area contributed by atoms with Crippen molar-refractivity contribution in [1.82, 2.24) is 14.6 Å². The minimum Gasteiger partial charge on any atom is -0.464 e. The number of rotatable bonds is 5. The van der Waals surface area contributed by atoms with E-state index in [1.54, 1.807) is 5.43 Å². The van der Waals surface area contributed by atoms with Crippen molar-refractivity contribution in [2.75, 3.05) is 0 Å². The van der Waals surface area contributed by atoms with Gasteiger partial charge in [-0.1, -0.05) is 0 Å². The lowest BCUT2D eigenvalue weighted by Crippen LogP contribution is -2.45. The van der Waals surface area contributed by atoms with Crippen LogP contribution >= 0.6 is 11.3 Å². The molecule has 1 amide bonds. The number of amides is 1. The normalized spacial score (nSPS) is 13.9. The molecule has 0 fully saturated rings. The lowest BCUT2D eigenvalue weighted by atomic mass is 10.2. The molecular formula is C15H14F6N4O4S. The Morgan fingerprint density at radius 2 is 1.87 bits per heavy atom. The molecule has 30 heavy (non-hydrogen) atoms. The maximum Gasteiger partial charge on any atom is 0.425 e. The number of carbonyl (C=O) groups is 1. The van der Waals surface area contributed by atoms with Crippen LogP contribution in [-0.4, -0.2) is 38.9 Å². The van der Waals surface area contributed by atoms with Gasteiger partial charge in [-0.15, -0.1) is 11.3 Å². The zero-order chi connectivity index (χ0) is 23.0. The smallest absolute Gasteiger partial charge is 0.425 e. The minimum atomic E-state index is -5.00. The van der Waals surface area contributed by atoms with Gasteiger partial charge in [-0.25, -0.2) is 19.6 Å². The van der Waals surface area contributed by atoms with E-state index in [-0.39, 0.29) is 25.2 Å². The zero-order valence-electron chi connectivity index (χ0n) is 15.3. The van der Waals surface area contributed by atoms with Gasteiger partial charge in [0.2, 0.25) is 0 Å². The summed E-state index contributed by atoms with van der Waals surface area (Å²) in [6, 6.07) is -2.58. The van der Waals surface area contributed by atoms with E-state index in [4.69, 9.17) is 5.11 Å². The Hall–Kier alpha value is -2.84. The van der Waals surface area contributed by atoms with Gasteiger partial charge in [-0.3, -0.25) is 9.36 Å².